The van der Waals surface area contributed by atoms with Crippen LogP contribution in [-0.4, -0.2) is 75.1 Å². The summed E-state index contributed by atoms with van der Waals surface area (Å²) in [4.78, 5) is 27.8. The predicted octanol–water partition coefficient (Wildman–Crippen LogP) is 3.01. The van der Waals surface area contributed by atoms with Gasteiger partial charge in [0.15, 0.2) is 11.0 Å². The molecule has 0 aliphatic carbocycles. The summed E-state index contributed by atoms with van der Waals surface area (Å²) in [5, 5.41) is 9.92. The van der Waals surface area contributed by atoms with E-state index in [0.717, 1.165) is 11.4 Å². The molecule has 1 saturated heterocycles. The Kier molecular flexibility index (Phi) is 7.38. The maximum Gasteiger partial charge on any atom is 0.409 e. The van der Waals surface area contributed by atoms with Crippen LogP contribution in [0.25, 0.3) is 11.4 Å². The molecule has 0 spiro atoms. The van der Waals surface area contributed by atoms with E-state index in [0.29, 0.717) is 49.5 Å². The van der Waals surface area contributed by atoms with Crippen molar-refractivity contribution in [3.63, 3.8) is 0 Å². The van der Waals surface area contributed by atoms with Crippen LogP contribution in [0.15, 0.2) is 29.4 Å². The van der Waals surface area contributed by atoms with Gasteiger partial charge < -0.3 is 19.1 Å². The molecule has 10 heteroatoms. The monoisotopic (exact) mass is 437 g/mol. The highest BCUT2D eigenvalue weighted by molar-refractivity contribution is 7.99. The Morgan fingerprint density at radius 1 is 1.07 bits per heavy atom. The number of hydrogen-bond donors (Lipinski definition) is 0. The maximum absolute atomic E-state index is 12.6. The van der Waals surface area contributed by atoms with Gasteiger partial charge in [0, 0.05) is 43.3 Å². The molecule has 1 aromatic carbocycles. The summed E-state index contributed by atoms with van der Waals surface area (Å²) in [6, 6.07) is 7.44. The third-order valence-corrected chi connectivity index (χ3v) is 5.82. The first kappa shape index (κ1) is 21.4. The highest BCUT2D eigenvalue weighted by Gasteiger charge is 2.25. The topological polar surface area (TPSA) is 80.6 Å². The lowest BCUT2D eigenvalue weighted by molar-refractivity contribution is -0.129. The van der Waals surface area contributed by atoms with Gasteiger partial charge in [-0.1, -0.05) is 23.4 Å². The van der Waals surface area contributed by atoms with Crippen LogP contribution in [0.4, 0.5) is 4.79 Å². The quantitative estimate of drug-likeness (QED) is 0.646. The Hall–Kier alpha value is -2.26. The van der Waals surface area contributed by atoms with Crippen LogP contribution in [0, 0.1) is 0 Å². The number of carbonyl (C=O) groups is 2. The van der Waals surface area contributed by atoms with Gasteiger partial charge in [0.1, 0.15) is 0 Å². The van der Waals surface area contributed by atoms with E-state index in [-0.39, 0.29) is 17.8 Å². The zero-order valence-corrected chi connectivity index (χ0v) is 18.1. The standard InChI is InChI=1S/C19H24ClN5O3S/c1-3-25-17(14-5-7-15(20)8-6-14)21-22-18(25)29-13-16(26)23-9-11-24(12-10-23)19(27)28-4-2/h5-8H,3-4,9-13H2,1-2H3. The van der Waals surface area contributed by atoms with Crippen LogP contribution in [0.3, 0.4) is 0 Å². The lowest BCUT2D eigenvalue weighted by Gasteiger charge is -2.34. The fraction of sp³-hybridized carbons (Fsp3) is 0.474. The van der Waals surface area contributed by atoms with Crippen LogP contribution in [-0.2, 0) is 16.1 Å². The maximum atomic E-state index is 12.6. The number of aromatic nitrogens is 3. The molecule has 0 saturated carbocycles. The van der Waals surface area contributed by atoms with Crippen molar-refractivity contribution in [1.29, 1.82) is 0 Å². The molecule has 2 amide bonds. The predicted molar refractivity (Wildman–Crippen MR) is 112 cm³/mol. The SMILES string of the molecule is CCOC(=O)N1CCN(C(=O)CSc2nnc(-c3ccc(Cl)cc3)n2CC)CC1. The minimum absolute atomic E-state index is 0.0252. The highest BCUT2D eigenvalue weighted by Crippen LogP contribution is 2.25. The van der Waals surface area contributed by atoms with Crippen molar-refractivity contribution in [2.24, 2.45) is 0 Å². The molecule has 0 radical (unpaired) electrons. The van der Waals surface area contributed by atoms with Crippen molar-refractivity contribution < 1.29 is 14.3 Å². The van der Waals surface area contributed by atoms with Gasteiger partial charge >= 0.3 is 6.09 Å². The van der Waals surface area contributed by atoms with E-state index in [2.05, 4.69) is 10.2 Å². The van der Waals surface area contributed by atoms with Crippen LogP contribution >= 0.6 is 23.4 Å². The first-order chi connectivity index (χ1) is 14.0. The number of halogens is 1. The van der Waals surface area contributed by atoms with Crippen molar-refractivity contribution in [2.75, 3.05) is 38.5 Å². The average molecular weight is 438 g/mol. The lowest BCUT2D eigenvalue weighted by atomic mass is 10.2. The molecular formula is C19H24ClN5O3S. The minimum atomic E-state index is -0.320. The molecule has 0 N–H and O–H groups in total. The molecule has 1 aliphatic heterocycles. The van der Waals surface area contributed by atoms with E-state index in [1.165, 1.54) is 11.8 Å². The Bertz CT molecular complexity index is 850. The van der Waals surface area contributed by atoms with Crippen molar-refractivity contribution in [3.05, 3.63) is 29.3 Å². The van der Waals surface area contributed by atoms with Crippen LogP contribution in [0.5, 0.6) is 0 Å². The molecule has 1 fully saturated rings. The highest BCUT2D eigenvalue weighted by atomic mass is 35.5. The number of piperazine rings is 1. The fourth-order valence-electron chi connectivity index (χ4n) is 3.06. The first-order valence-electron chi connectivity index (χ1n) is 9.54. The van der Waals surface area contributed by atoms with E-state index in [1.807, 2.05) is 35.8 Å². The van der Waals surface area contributed by atoms with Gasteiger partial charge in [0.05, 0.1) is 12.4 Å². The zero-order valence-electron chi connectivity index (χ0n) is 16.5. The molecule has 156 valence electrons. The van der Waals surface area contributed by atoms with E-state index >= 15 is 0 Å². The molecule has 29 heavy (non-hydrogen) atoms. The minimum Gasteiger partial charge on any atom is -0.450 e. The molecule has 3 rings (SSSR count). The number of rotatable bonds is 6. The summed E-state index contributed by atoms with van der Waals surface area (Å²) in [6.07, 6.45) is -0.320. The van der Waals surface area contributed by atoms with Crippen LogP contribution < -0.4 is 0 Å². The van der Waals surface area contributed by atoms with E-state index in [9.17, 15) is 9.59 Å². The largest absolute Gasteiger partial charge is 0.450 e. The number of thioether (sulfide) groups is 1. The molecule has 0 bridgehead atoms. The molecule has 0 atom stereocenters. The Morgan fingerprint density at radius 3 is 2.34 bits per heavy atom. The van der Waals surface area contributed by atoms with E-state index < -0.39 is 0 Å². The summed E-state index contributed by atoms with van der Waals surface area (Å²) in [7, 11) is 0. The van der Waals surface area contributed by atoms with Gasteiger partial charge in [-0.05, 0) is 38.1 Å². The van der Waals surface area contributed by atoms with Crippen LogP contribution in [0.2, 0.25) is 5.02 Å². The second kappa shape index (κ2) is 9.98. The molecular weight excluding hydrogens is 414 g/mol. The second-order valence-corrected chi connectivity index (χ2v) is 7.79. The Labute approximate surface area is 179 Å². The number of benzene rings is 1. The van der Waals surface area contributed by atoms with Crippen molar-refractivity contribution in [3.8, 4) is 11.4 Å². The fourth-order valence-corrected chi connectivity index (χ4v) is 4.09. The molecule has 2 heterocycles. The summed E-state index contributed by atoms with van der Waals surface area (Å²) in [5.74, 6) is 1.05. The summed E-state index contributed by atoms with van der Waals surface area (Å²) >= 11 is 7.33. The molecule has 2 aromatic rings. The summed E-state index contributed by atoms with van der Waals surface area (Å²) in [6.45, 7) is 6.83. The Balaban J connectivity index is 1.57. The van der Waals surface area contributed by atoms with Gasteiger partial charge in [-0.3, -0.25) is 4.79 Å². The number of hydrogen-bond acceptors (Lipinski definition) is 6. The van der Waals surface area contributed by atoms with Crippen LogP contribution in [0.1, 0.15) is 13.8 Å². The van der Waals surface area contributed by atoms with E-state index in [1.54, 1.807) is 16.7 Å². The normalized spacial score (nSPS) is 14.2. The smallest absolute Gasteiger partial charge is 0.409 e. The van der Waals surface area contributed by atoms with Gasteiger partial charge in [0.2, 0.25) is 5.91 Å². The molecule has 1 aliphatic rings. The lowest BCUT2D eigenvalue weighted by Crippen LogP contribution is -2.51. The van der Waals surface area contributed by atoms with Gasteiger partial charge in [0.25, 0.3) is 0 Å². The number of nitrogens with zero attached hydrogens (tertiary/aromatic N) is 5. The number of ether oxygens (including phenoxy) is 1. The first-order valence-corrected chi connectivity index (χ1v) is 10.9. The summed E-state index contributed by atoms with van der Waals surface area (Å²) in [5.41, 5.74) is 0.928. The van der Waals surface area contributed by atoms with Crippen molar-refractivity contribution in [2.45, 2.75) is 25.5 Å². The van der Waals surface area contributed by atoms with Gasteiger partial charge in [-0.15, -0.1) is 10.2 Å². The van der Waals surface area contributed by atoms with Crippen molar-refractivity contribution >= 4 is 35.4 Å². The molecule has 0 unspecified atom stereocenters. The number of carbonyl (C=O) groups excluding carboxylic acids is 2. The van der Waals surface area contributed by atoms with Gasteiger partial charge in [-0.25, -0.2) is 4.79 Å². The molecule has 8 nitrogen and oxygen atoms in total. The third kappa shape index (κ3) is 5.22. The molecule has 1 aromatic heterocycles. The van der Waals surface area contributed by atoms with E-state index in [4.69, 9.17) is 16.3 Å². The average Bonchev–Trinajstić information content (AvgIpc) is 3.15. The zero-order chi connectivity index (χ0) is 20.8. The Morgan fingerprint density at radius 2 is 1.72 bits per heavy atom. The van der Waals surface area contributed by atoms with Gasteiger partial charge in [-0.2, -0.15) is 0 Å². The third-order valence-electron chi connectivity index (χ3n) is 4.62. The van der Waals surface area contributed by atoms with Crippen molar-refractivity contribution in [1.82, 2.24) is 24.6 Å². The summed E-state index contributed by atoms with van der Waals surface area (Å²) < 4.78 is 6.99. The second-order valence-electron chi connectivity index (χ2n) is 6.41. The number of amides is 2.